The lowest BCUT2D eigenvalue weighted by Gasteiger charge is -2.19. The van der Waals surface area contributed by atoms with Gasteiger partial charge in [0, 0.05) is 0 Å². The minimum absolute atomic E-state index is 0.593. The fourth-order valence-corrected chi connectivity index (χ4v) is 7.56. The first kappa shape index (κ1) is 42.1. The van der Waals surface area contributed by atoms with Gasteiger partial charge in [-0.2, -0.15) is 0 Å². The topological polar surface area (TPSA) is 35.5 Å². The summed E-state index contributed by atoms with van der Waals surface area (Å²) in [7, 11) is -2.96. The highest BCUT2D eigenvalue weighted by Crippen LogP contribution is 2.49. The maximum atomic E-state index is 13.5. The number of hydrogen-bond acceptors (Lipinski definition) is 3. The maximum Gasteiger partial charge on any atom is 0.330 e. The molecule has 42 heavy (non-hydrogen) atoms. The lowest BCUT2D eigenvalue weighted by Crippen LogP contribution is -2.04. The van der Waals surface area contributed by atoms with Gasteiger partial charge < -0.3 is 9.05 Å². The van der Waals surface area contributed by atoms with Gasteiger partial charge >= 0.3 is 7.60 Å². The summed E-state index contributed by atoms with van der Waals surface area (Å²) in [5, 5.41) is 0. The molecule has 0 rings (SSSR count). The number of unbranched alkanes of at least 4 members (excludes halogenated alkanes) is 23. The van der Waals surface area contributed by atoms with Gasteiger partial charge in [0.15, 0.2) is 0 Å². The quantitative estimate of drug-likeness (QED) is 0.0526. The lowest BCUT2D eigenvalue weighted by molar-refractivity contribution is 0.197. The zero-order chi connectivity index (χ0) is 31.0. The molecule has 0 aromatic rings. The summed E-state index contributed by atoms with van der Waals surface area (Å²) in [6, 6.07) is 0. The molecule has 0 N–H and O–H groups in total. The summed E-state index contributed by atoms with van der Waals surface area (Å²) in [6.45, 7) is 12.7. The second-order valence-corrected chi connectivity index (χ2v) is 16.4. The van der Waals surface area contributed by atoms with Crippen LogP contribution in [0.1, 0.15) is 214 Å². The van der Waals surface area contributed by atoms with E-state index in [9.17, 15) is 4.57 Å². The summed E-state index contributed by atoms with van der Waals surface area (Å²) in [6.07, 6.45) is 37.1. The van der Waals surface area contributed by atoms with Gasteiger partial charge in [-0.1, -0.05) is 195 Å². The van der Waals surface area contributed by atoms with Crippen LogP contribution in [0.15, 0.2) is 0 Å². The molecular weight excluding hydrogens is 535 g/mol. The molecule has 0 atom stereocenters. The van der Waals surface area contributed by atoms with E-state index in [1.807, 2.05) is 0 Å². The van der Waals surface area contributed by atoms with E-state index in [-0.39, 0.29) is 0 Å². The van der Waals surface area contributed by atoms with Crippen LogP contribution in [-0.2, 0) is 13.6 Å². The molecule has 0 radical (unpaired) electrons. The Morgan fingerprint density at radius 2 is 0.690 bits per heavy atom. The second-order valence-electron chi connectivity index (χ2n) is 14.2. The average molecular weight is 615 g/mol. The SMILES string of the molecule is CCCCCCCCCCCCCCCCCCP(=O)(OCCCCCCCC(C)C)OCCCCCCCC(C)C. The third-order valence-corrected chi connectivity index (χ3v) is 10.7. The average Bonchev–Trinajstić information content (AvgIpc) is 2.95. The smallest absolute Gasteiger partial charge is 0.309 e. The van der Waals surface area contributed by atoms with Crippen LogP contribution >= 0.6 is 7.60 Å². The van der Waals surface area contributed by atoms with E-state index in [2.05, 4.69) is 34.6 Å². The fraction of sp³-hybridized carbons (Fsp3) is 1.00. The Bertz CT molecular complexity index is 535. The van der Waals surface area contributed by atoms with E-state index in [4.69, 9.17) is 9.05 Å². The molecule has 0 spiro atoms. The number of hydrogen-bond donors (Lipinski definition) is 0. The van der Waals surface area contributed by atoms with Gasteiger partial charge in [0.05, 0.1) is 19.4 Å². The van der Waals surface area contributed by atoms with Crippen LogP contribution in [-0.4, -0.2) is 19.4 Å². The summed E-state index contributed by atoms with van der Waals surface area (Å²) in [5.74, 6) is 1.61. The molecule has 0 saturated heterocycles. The Kier molecular flexibility index (Phi) is 32.7. The standard InChI is InChI=1S/C38H79O3P/c1-6-7-8-9-10-11-12-13-14-15-16-17-18-19-26-31-36-42(39,40-34-29-24-20-22-27-32-37(2)3)41-35-30-25-21-23-28-33-38(4)5/h37-38H,6-36H2,1-5H3. The van der Waals surface area contributed by atoms with Gasteiger partial charge in [0.1, 0.15) is 0 Å². The van der Waals surface area contributed by atoms with Gasteiger partial charge in [0.2, 0.25) is 0 Å². The van der Waals surface area contributed by atoms with Crippen molar-refractivity contribution in [2.24, 2.45) is 11.8 Å². The van der Waals surface area contributed by atoms with Crippen LogP contribution in [0.4, 0.5) is 0 Å². The van der Waals surface area contributed by atoms with Crippen LogP contribution in [0.5, 0.6) is 0 Å². The first-order chi connectivity index (χ1) is 20.4. The molecule has 0 saturated carbocycles. The molecule has 0 fully saturated rings. The molecule has 0 aliphatic carbocycles. The van der Waals surface area contributed by atoms with Crippen LogP contribution < -0.4 is 0 Å². The highest BCUT2D eigenvalue weighted by molar-refractivity contribution is 7.53. The Morgan fingerprint density at radius 3 is 1.02 bits per heavy atom. The predicted octanol–water partition coefficient (Wildman–Crippen LogP) is 14.5. The molecule has 0 aliphatic rings. The molecule has 0 bridgehead atoms. The van der Waals surface area contributed by atoms with E-state index in [1.165, 1.54) is 154 Å². The molecule has 0 unspecified atom stereocenters. The summed E-state index contributed by atoms with van der Waals surface area (Å²) in [4.78, 5) is 0. The van der Waals surface area contributed by atoms with Gasteiger partial charge in [-0.25, -0.2) is 0 Å². The predicted molar refractivity (Wildman–Crippen MR) is 189 cm³/mol. The summed E-state index contributed by atoms with van der Waals surface area (Å²) < 4.78 is 25.5. The third-order valence-electron chi connectivity index (χ3n) is 8.71. The van der Waals surface area contributed by atoms with Crippen LogP contribution in [0.25, 0.3) is 0 Å². The monoisotopic (exact) mass is 615 g/mol. The zero-order valence-electron chi connectivity index (χ0n) is 29.7. The van der Waals surface area contributed by atoms with Crippen molar-refractivity contribution >= 4 is 7.60 Å². The van der Waals surface area contributed by atoms with Crippen molar-refractivity contribution in [3.8, 4) is 0 Å². The third kappa shape index (κ3) is 33.1. The van der Waals surface area contributed by atoms with Crippen molar-refractivity contribution in [3.63, 3.8) is 0 Å². The molecule has 4 heteroatoms. The summed E-state index contributed by atoms with van der Waals surface area (Å²) >= 11 is 0. The van der Waals surface area contributed by atoms with Crippen LogP contribution in [0.2, 0.25) is 0 Å². The largest absolute Gasteiger partial charge is 0.330 e. The van der Waals surface area contributed by atoms with Gasteiger partial charge in [0.25, 0.3) is 0 Å². The first-order valence-electron chi connectivity index (χ1n) is 19.3. The minimum Gasteiger partial charge on any atom is -0.309 e. The van der Waals surface area contributed by atoms with Crippen molar-refractivity contribution in [1.29, 1.82) is 0 Å². The molecule has 0 aromatic carbocycles. The fourth-order valence-electron chi connectivity index (χ4n) is 5.80. The van der Waals surface area contributed by atoms with Gasteiger partial charge in [-0.15, -0.1) is 0 Å². The Morgan fingerprint density at radius 1 is 0.405 bits per heavy atom. The highest BCUT2D eigenvalue weighted by atomic mass is 31.2. The zero-order valence-corrected chi connectivity index (χ0v) is 30.6. The van der Waals surface area contributed by atoms with Crippen molar-refractivity contribution in [2.75, 3.05) is 19.4 Å². The minimum atomic E-state index is -2.96. The van der Waals surface area contributed by atoms with Gasteiger partial charge in [-0.3, -0.25) is 4.57 Å². The van der Waals surface area contributed by atoms with E-state index in [0.717, 1.165) is 37.5 Å². The molecule has 254 valence electrons. The Balaban J connectivity index is 3.99. The van der Waals surface area contributed by atoms with Crippen molar-refractivity contribution in [2.45, 2.75) is 214 Å². The van der Waals surface area contributed by atoms with Crippen LogP contribution in [0.3, 0.4) is 0 Å². The Hall–Kier alpha value is 0.150. The van der Waals surface area contributed by atoms with E-state index in [1.54, 1.807) is 0 Å². The van der Waals surface area contributed by atoms with Gasteiger partial charge in [-0.05, 0) is 31.1 Å². The lowest BCUT2D eigenvalue weighted by atomic mass is 10.0. The van der Waals surface area contributed by atoms with Crippen LogP contribution in [0, 0.1) is 11.8 Å². The number of rotatable bonds is 35. The molecule has 0 amide bonds. The summed E-state index contributed by atoms with van der Waals surface area (Å²) in [5.41, 5.74) is 0. The van der Waals surface area contributed by atoms with Crippen molar-refractivity contribution in [3.05, 3.63) is 0 Å². The van der Waals surface area contributed by atoms with E-state index < -0.39 is 7.60 Å². The van der Waals surface area contributed by atoms with E-state index >= 15 is 0 Å². The maximum absolute atomic E-state index is 13.5. The van der Waals surface area contributed by atoms with E-state index in [0.29, 0.717) is 19.4 Å². The second kappa shape index (κ2) is 32.5. The molecule has 3 nitrogen and oxygen atoms in total. The van der Waals surface area contributed by atoms with Crippen molar-refractivity contribution in [1.82, 2.24) is 0 Å². The Labute approximate surface area is 266 Å². The van der Waals surface area contributed by atoms with Crippen molar-refractivity contribution < 1.29 is 13.6 Å². The highest BCUT2D eigenvalue weighted by Gasteiger charge is 2.23. The molecule has 0 aromatic heterocycles. The normalized spacial score (nSPS) is 12.3. The molecule has 0 heterocycles. The molecular formula is C38H79O3P. The first-order valence-corrected chi connectivity index (χ1v) is 21.0. The molecule has 0 aliphatic heterocycles.